The molecular weight excluding hydrogens is 352 g/mol. The van der Waals surface area contributed by atoms with E-state index in [2.05, 4.69) is 22.6 Å². The lowest BCUT2D eigenvalue weighted by Crippen LogP contribution is -2.26. The maximum Gasteiger partial charge on any atom is 0.416 e. The lowest BCUT2D eigenvalue weighted by Gasteiger charge is -2.14. The van der Waals surface area contributed by atoms with Crippen molar-refractivity contribution in [3.05, 3.63) is 29.3 Å². The number of anilines is 1. The molecule has 2 amide bonds. The third kappa shape index (κ3) is 5.56. The van der Waals surface area contributed by atoms with Gasteiger partial charge in [0.1, 0.15) is 0 Å². The molecule has 0 radical (unpaired) electrons. The van der Waals surface area contributed by atoms with E-state index in [4.69, 9.17) is 0 Å². The van der Waals surface area contributed by atoms with E-state index in [9.17, 15) is 31.1 Å². The molecule has 1 heterocycles. The molecule has 0 spiro atoms. The van der Waals surface area contributed by atoms with Crippen LogP contribution in [0.25, 0.3) is 0 Å². The van der Waals surface area contributed by atoms with Crippen LogP contribution in [0.1, 0.15) is 24.0 Å². The Bertz CT molecular complexity index is 664. The molecule has 4 nitrogen and oxygen atoms in total. The average Bonchev–Trinajstić information content (AvgIpc) is 2.98. The molecule has 0 aliphatic carbocycles. The third-order valence-electron chi connectivity index (χ3n) is 3.33. The van der Waals surface area contributed by atoms with Crippen molar-refractivity contribution in [3.63, 3.8) is 0 Å². The number of benzene rings is 1. The van der Waals surface area contributed by atoms with Gasteiger partial charge < -0.3 is 10.6 Å². The van der Waals surface area contributed by atoms with Crippen LogP contribution < -0.4 is 16.0 Å². The van der Waals surface area contributed by atoms with Gasteiger partial charge in [0.05, 0.1) is 17.2 Å². The minimum atomic E-state index is -4.98. The van der Waals surface area contributed by atoms with E-state index in [1.165, 1.54) is 0 Å². The van der Waals surface area contributed by atoms with Crippen LogP contribution in [0.5, 0.6) is 0 Å². The second-order valence-corrected chi connectivity index (χ2v) is 5.29. The first-order valence-corrected chi connectivity index (χ1v) is 7.16. The summed E-state index contributed by atoms with van der Waals surface area (Å²) in [7, 11) is 0. The van der Waals surface area contributed by atoms with Gasteiger partial charge in [-0.1, -0.05) is 5.92 Å². The monoisotopic (exact) mass is 365 g/mol. The summed E-state index contributed by atoms with van der Waals surface area (Å²) in [5.74, 6) is 2.68. The maximum atomic E-state index is 12.7. The van der Waals surface area contributed by atoms with Crippen molar-refractivity contribution >= 4 is 11.7 Å². The number of nitrogens with one attached hydrogen (secondary N) is 3. The molecule has 0 unspecified atom stereocenters. The van der Waals surface area contributed by atoms with Crippen LogP contribution in [-0.2, 0) is 12.4 Å². The molecule has 136 valence electrons. The van der Waals surface area contributed by atoms with E-state index >= 15 is 0 Å². The van der Waals surface area contributed by atoms with Crippen molar-refractivity contribution in [1.82, 2.24) is 10.6 Å². The molecule has 1 fully saturated rings. The molecule has 0 saturated carbocycles. The van der Waals surface area contributed by atoms with Gasteiger partial charge >= 0.3 is 18.4 Å². The number of hydrogen-bond acceptors (Lipinski definition) is 2. The Hall–Kier alpha value is -2.41. The van der Waals surface area contributed by atoms with E-state index < -0.39 is 35.2 Å². The second kappa shape index (κ2) is 7.23. The largest absolute Gasteiger partial charge is 0.416 e. The summed E-state index contributed by atoms with van der Waals surface area (Å²) in [5.41, 5.74) is -3.67. The third-order valence-corrected chi connectivity index (χ3v) is 3.33. The summed E-state index contributed by atoms with van der Waals surface area (Å²) in [6.07, 6.45) is -8.25. The van der Waals surface area contributed by atoms with Crippen molar-refractivity contribution in [3.8, 4) is 12.0 Å². The summed E-state index contributed by atoms with van der Waals surface area (Å²) in [5, 5.41) is 7.01. The molecule has 0 aromatic heterocycles. The zero-order valence-corrected chi connectivity index (χ0v) is 12.6. The highest BCUT2D eigenvalue weighted by atomic mass is 19.4. The highest BCUT2D eigenvalue weighted by molar-refractivity contribution is 5.90. The van der Waals surface area contributed by atoms with Crippen LogP contribution in [0.3, 0.4) is 0 Å². The molecular formula is C15H13F6N3O. The number of carbonyl (C=O) groups excluding carboxylic acids is 1. The molecule has 1 atom stereocenters. The van der Waals surface area contributed by atoms with Gasteiger partial charge in [-0.05, 0) is 37.6 Å². The molecule has 2 rings (SSSR count). The predicted octanol–water partition coefficient (Wildman–Crippen LogP) is 3.56. The Morgan fingerprint density at radius 3 is 2.16 bits per heavy atom. The maximum absolute atomic E-state index is 12.7. The fraction of sp³-hybridized carbons (Fsp3) is 0.400. The number of carbonyl (C=O) groups is 1. The van der Waals surface area contributed by atoms with Crippen molar-refractivity contribution in [2.75, 3.05) is 11.9 Å². The number of amides is 2. The highest BCUT2D eigenvalue weighted by Gasteiger charge is 2.37. The molecule has 1 aromatic carbocycles. The fourth-order valence-corrected chi connectivity index (χ4v) is 2.18. The number of rotatable bonds is 1. The van der Waals surface area contributed by atoms with Gasteiger partial charge in [-0.2, -0.15) is 26.3 Å². The highest BCUT2D eigenvalue weighted by Crippen LogP contribution is 2.37. The van der Waals surface area contributed by atoms with Crippen LogP contribution in [0, 0.1) is 12.0 Å². The molecule has 1 aliphatic rings. The van der Waals surface area contributed by atoms with Gasteiger partial charge in [0, 0.05) is 11.7 Å². The lowest BCUT2D eigenvalue weighted by molar-refractivity contribution is -0.143. The van der Waals surface area contributed by atoms with Crippen LogP contribution in [0.2, 0.25) is 0 Å². The number of urea groups is 1. The smallest absolute Gasteiger partial charge is 0.307 e. The van der Waals surface area contributed by atoms with E-state index in [1.807, 2.05) is 5.32 Å². The van der Waals surface area contributed by atoms with Gasteiger partial charge in [-0.3, -0.25) is 5.32 Å². The van der Waals surface area contributed by atoms with E-state index in [-0.39, 0.29) is 12.1 Å². The molecule has 25 heavy (non-hydrogen) atoms. The zero-order valence-electron chi connectivity index (χ0n) is 12.6. The molecule has 1 aliphatic heterocycles. The van der Waals surface area contributed by atoms with Gasteiger partial charge in [0.25, 0.3) is 0 Å². The fourth-order valence-electron chi connectivity index (χ4n) is 2.18. The minimum Gasteiger partial charge on any atom is -0.307 e. The van der Waals surface area contributed by atoms with Crippen LogP contribution >= 0.6 is 0 Å². The van der Waals surface area contributed by atoms with Crippen molar-refractivity contribution in [2.45, 2.75) is 31.2 Å². The summed E-state index contributed by atoms with van der Waals surface area (Å²) < 4.78 is 76.3. The number of hydrogen-bond donors (Lipinski definition) is 3. The Kier molecular flexibility index (Phi) is 5.47. The van der Waals surface area contributed by atoms with Gasteiger partial charge in [0.15, 0.2) is 0 Å². The Labute approximate surface area is 139 Å². The first kappa shape index (κ1) is 18.9. The van der Waals surface area contributed by atoms with Gasteiger partial charge in [0.2, 0.25) is 0 Å². The first-order chi connectivity index (χ1) is 11.6. The standard InChI is InChI=1S/C15H13F6N3O/c16-14(17,18)9-6-10(15(19,20)21)8-12(7-9)24-13(25)23-5-3-11-2-1-4-22-11/h6-8,11,22H,1-2,4H2,(H2,23,24,25)/t11-/m1/s1. The summed E-state index contributed by atoms with van der Waals surface area (Å²) >= 11 is 0. The zero-order chi connectivity index (χ0) is 18.7. The second-order valence-electron chi connectivity index (χ2n) is 5.29. The summed E-state index contributed by atoms with van der Waals surface area (Å²) in [6.45, 7) is 0.788. The first-order valence-electron chi connectivity index (χ1n) is 7.16. The molecule has 10 heteroatoms. The molecule has 1 saturated heterocycles. The molecule has 0 bridgehead atoms. The Balaban J connectivity index is 2.13. The predicted molar refractivity (Wildman–Crippen MR) is 77.4 cm³/mol. The van der Waals surface area contributed by atoms with Crippen molar-refractivity contribution in [2.24, 2.45) is 0 Å². The Morgan fingerprint density at radius 1 is 1.08 bits per heavy atom. The van der Waals surface area contributed by atoms with Crippen molar-refractivity contribution in [1.29, 1.82) is 0 Å². The normalized spacial score (nSPS) is 17.6. The van der Waals surface area contributed by atoms with Gasteiger partial charge in [-0.25, -0.2) is 4.79 Å². The summed E-state index contributed by atoms with van der Waals surface area (Å²) in [4.78, 5) is 11.6. The molecule has 3 N–H and O–H groups in total. The Morgan fingerprint density at radius 2 is 1.68 bits per heavy atom. The van der Waals surface area contributed by atoms with Crippen LogP contribution in [-0.4, -0.2) is 18.6 Å². The van der Waals surface area contributed by atoms with Crippen LogP contribution in [0.15, 0.2) is 18.2 Å². The SMILES string of the molecule is O=C(NC#C[C@H]1CCCN1)Nc1cc(C(F)(F)F)cc(C(F)(F)F)c1. The topological polar surface area (TPSA) is 53.2 Å². The van der Waals surface area contributed by atoms with Crippen LogP contribution in [0.4, 0.5) is 36.8 Å². The molecule has 1 aromatic rings. The number of alkyl halides is 6. The summed E-state index contributed by atoms with van der Waals surface area (Å²) in [6, 6.07) is 2.00. The van der Waals surface area contributed by atoms with Gasteiger partial charge in [-0.15, -0.1) is 0 Å². The lowest BCUT2D eigenvalue weighted by atomic mass is 10.1. The van der Waals surface area contributed by atoms with E-state index in [1.54, 1.807) is 0 Å². The quantitative estimate of drug-likeness (QED) is 0.405. The van der Waals surface area contributed by atoms with E-state index in [0.717, 1.165) is 19.4 Å². The number of halogens is 6. The average molecular weight is 365 g/mol. The van der Waals surface area contributed by atoms with E-state index in [0.29, 0.717) is 12.1 Å². The van der Waals surface area contributed by atoms with Crippen molar-refractivity contribution < 1.29 is 31.1 Å². The minimum absolute atomic E-state index is 0.0192.